The zero-order valence-corrected chi connectivity index (χ0v) is 14.5. The minimum atomic E-state index is -0.531. The summed E-state index contributed by atoms with van der Waals surface area (Å²) < 4.78 is 10.9. The molecule has 1 aromatic heterocycles. The Morgan fingerprint density at radius 1 is 1.08 bits per heavy atom. The van der Waals surface area contributed by atoms with Gasteiger partial charge in [-0.15, -0.1) is 5.10 Å². The van der Waals surface area contributed by atoms with E-state index in [9.17, 15) is 4.79 Å². The Morgan fingerprint density at radius 2 is 1.76 bits per heavy atom. The monoisotopic (exact) mass is 342 g/mol. The van der Waals surface area contributed by atoms with Gasteiger partial charge < -0.3 is 19.3 Å². The summed E-state index contributed by atoms with van der Waals surface area (Å²) >= 11 is 0. The molecule has 7 nitrogen and oxygen atoms in total. The van der Waals surface area contributed by atoms with Gasteiger partial charge in [0, 0.05) is 32.4 Å². The molecule has 25 heavy (non-hydrogen) atoms. The summed E-state index contributed by atoms with van der Waals surface area (Å²) in [5, 5.41) is 8.02. The van der Waals surface area contributed by atoms with Crippen LogP contribution in [0.1, 0.15) is 6.92 Å². The molecule has 0 N–H and O–H groups in total. The van der Waals surface area contributed by atoms with Crippen molar-refractivity contribution in [2.45, 2.75) is 13.0 Å². The van der Waals surface area contributed by atoms with Crippen molar-refractivity contribution in [3.63, 3.8) is 0 Å². The minimum Gasteiger partial charge on any atom is -0.497 e. The highest BCUT2D eigenvalue weighted by Crippen LogP contribution is 2.19. The maximum atomic E-state index is 12.6. The minimum absolute atomic E-state index is 0.00499. The lowest BCUT2D eigenvalue weighted by atomic mass is 10.2. The van der Waals surface area contributed by atoms with E-state index in [2.05, 4.69) is 15.1 Å². The number of ether oxygens (including phenoxy) is 2. The zero-order valence-electron chi connectivity index (χ0n) is 14.5. The molecule has 1 aromatic carbocycles. The lowest BCUT2D eigenvalue weighted by Gasteiger charge is -2.36. The number of carbonyl (C=O) groups excluding carboxylic acids is 1. The average molecular weight is 342 g/mol. The van der Waals surface area contributed by atoms with Crippen LogP contribution in [0.15, 0.2) is 42.6 Å². The van der Waals surface area contributed by atoms with E-state index in [1.165, 1.54) is 0 Å². The summed E-state index contributed by atoms with van der Waals surface area (Å²) in [6.45, 7) is 4.54. The number of benzene rings is 1. The number of carbonyl (C=O) groups is 1. The van der Waals surface area contributed by atoms with Crippen LogP contribution in [0.5, 0.6) is 11.5 Å². The van der Waals surface area contributed by atoms with Gasteiger partial charge in [-0.05, 0) is 43.3 Å². The summed E-state index contributed by atoms with van der Waals surface area (Å²) in [7, 11) is 1.61. The number of hydrogen-bond donors (Lipinski definition) is 0. The molecular weight excluding hydrogens is 320 g/mol. The second kappa shape index (κ2) is 7.83. The summed E-state index contributed by atoms with van der Waals surface area (Å²) in [6, 6.07) is 11.0. The van der Waals surface area contributed by atoms with E-state index < -0.39 is 6.10 Å². The number of rotatable bonds is 5. The largest absolute Gasteiger partial charge is 0.497 e. The molecule has 1 aliphatic rings. The molecule has 1 atom stereocenters. The van der Waals surface area contributed by atoms with Crippen molar-refractivity contribution in [1.29, 1.82) is 0 Å². The van der Waals surface area contributed by atoms with Crippen LogP contribution in [0.2, 0.25) is 0 Å². The second-order valence-electron chi connectivity index (χ2n) is 5.83. The Balaban J connectivity index is 1.52. The fraction of sp³-hybridized carbons (Fsp3) is 0.389. The first kappa shape index (κ1) is 17.0. The van der Waals surface area contributed by atoms with Gasteiger partial charge in [0.2, 0.25) is 0 Å². The van der Waals surface area contributed by atoms with Gasteiger partial charge in [0.1, 0.15) is 11.5 Å². The van der Waals surface area contributed by atoms with Gasteiger partial charge in [0.05, 0.1) is 7.11 Å². The molecule has 132 valence electrons. The maximum Gasteiger partial charge on any atom is 0.263 e. The number of aromatic nitrogens is 2. The predicted molar refractivity (Wildman–Crippen MR) is 93.9 cm³/mol. The summed E-state index contributed by atoms with van der Waals surface area (Å²) in [6.07, 6.45) is 1.12. The van der Waals surface area contributed by atoms with Crippen LogP contribution in [-0.4, -0.2) is 60.4 Å². The lowest BCUT2D eigenvalue weighted by Crippen LogP contribution is -2.52. The number of anilines is 1. The number of amides is 1. The Kier molecular flexibility index (Phi) is 5.33. The molecule has 1 saturated heterocycles. The first-order chi connectivity index (χ1) is 12.2. The van der Waals surface area contributed by atoms with Gasteiger partial charge in [-0.1, -0.05) is 0 Å². The topological polar surface area (TPSA) is 67.8 Å². The normalized spacial score (nSPS) is 15.6. The summed E-state index contributed by atoms with van der Waals surface area (Å²) in [5.74, 6) is 2.25. The number of hydrogen-bond acceptors (Lipinski definition) is 6. The fourth-order valence-corrected chi connectivity index (χ4v) is 2.78. The molecule has 0 saturated carbocycles. The fourth-order valence-electron chi connectivity index (χ4n) is 2.78. The number of nitrogens with zero attached hydrogens (tertiary/aromatic N) is 4. The van der Waals surface area contributed by atoms with Crippen molar-refractivity contribution in [3.05, 3.63) is 42.6 Å². The van der Waals surface area contributed by atoms with Gasteiger partial charge >= 0.3 is 0 Å². The van der Waals surface area contributed by atoms with Crippen LogP contribution in [0.4, 0.5) is 5.82 Å². The van der Waals surface area contributed by atoms with Crippen molar-refractivity contribution >= 4 is 11.7 Å². The van der Waals surface area contributed by atoms with Crippen molar-refractivity contribution in [2.75, 3.05) is 38.2 Å². The van der Waals surface area contributed by atoms with Crippen LogP contribution in [0.3, 0.4) is 0 Å². The molecule has 0 aliphatic carbocycles. The van der Waals surface area contributed by atoms with E-state index in [-0.39, 0.29) is 5.91 Å². The Morgan fingerprint density at radius 3 is 2.36 bits per heavy atom. The first-order valence-corrected chi connectivity index (χ1v) is 8.29. The van der Waals surface area contributed by atoms with E-state index in [1.54, 1.807) is 32.4 Å². The van der Waals surface area contributed by atoms with E-state index in [4.69, 9.17) is 9.47 Å². The van der Waals surface area contributed by atoms with Crippen molar-refractivity contribution in [1.82, 2.24) is 15.1 Å². The van der Waals surface area contributed by atoms with Gasteiger partial charge in [-0.2, -0.15) is 5.10 Å². The smallest absolute Gasteiger partial charge is 0.263 e. The molecule has 1 fully saturated rings. The first-order valence-electron chi connectivity index (χ1n) is 8.29. The van der Waals surface area contributed by atoms with Crippen molar-refractivity contribution in [2.24, 2.45) is 0 Å². The molecule has 3 rings (SSSR count). The van der Waals surface area contributed by atoms with E-state index >= 15 is 0 Å². The standard InChI is InChI=1S/C18H22N4O3/c1-14(25-16-7-5-15(24-2)6-8-16)18(23)22-12-10-21(11-13-22)17-4-3-9-19-20-17/h3-9,14H,10-13H2,1-2H3. The molecule has 0 spiro atoms. The molecule has 1 aliphatic heterocycles. The van der Waals surface area contributed by atoms with Gasteiger partial charge in [-0.25, -0.2) is 0 Å². The van der Waals surface area contributed by atoms with E-state index in [1.807, 2.05) is 29.2 Å². The number of piperazine rings is 1. The molecule has 1 amide bonds. The molecule has 2 heterocycles. The van der Waals surface area contributed by atoms with Crippen LogP contribution in [0, 0.1) is 0 Å². The highest BCUT2D eigenvalue weighted by atomic mass is 16.5. The average Bonchev–Trinajstić information content (AvgIpc) is 2.69. The Labute approximate surface area is 147 Å². The third-order valence-electron chi connectivity index (χ3n) is 4.19. The van der Waals surface area contributed by atoms with Crippen LogP contribution >= 0.6 is 0 Å². The summed E-state index contributed by atoms with van der Waals surface area (Å²) in [4.78, 5) is 16.6. The number of methoxy groups -OCH3 is 1. The van der Waals surface area contributed by atoms with Crippen LogP contribution in [-0.2, 0) is 4.79 Å². The van der Waals surface area contributed by atoms with Crippen molar-refractivity contribution in [3.8, 4) is 11.5 Å². The van der Waals surface area contributed by atoms with Gasteiger partial charge in [0.25, 0.3) is 5.91 Å². The van der Waals surface area contributed by atoms with E-state index in [0.29, 0.717) is 18.8 Å². The highest BCUT2D eigenvalue weighted by molar-refractivity contribution is 5.81. The van der Waals surface area contributed by atoms with Crippen LogP contribution in [0.25, 0.3) is 0 Å². The third kappa shape index (κ3) is 4.17. The van der Waals surface area contributed by atoms with E-state index in [0.717, 1.165) is 24.7 Å². The SMILES string of the molecule is COc1ccc(OC(C)C(=O)N2CCN(c3cccnn3)CC2)cc1. The third-order valence-corrected chi connectivity index (χ3v) is 4.19. The highest BCUT2D eigenvalue weighted by Gasteiger charge is 2.26. The second-order valence-corrected chi connectivity index (χ2v) is 5.83. The lowest BCUT2D eigenvalue weighted by molar-refractivity contribution is -0.138. The molecule has 0 bridgehead atoms. The molecular formula is C18H22N4O3. The Hall–Kier alpha value is -2.83. The van der Waals surface area contributed by atoms with Gasteiger partial charge in [-0.3, -0.25) is 4.79 Å². The Bertz CT molecular complexity index is 685. The van der Waals surface area contributed by atoms with Gasteiger partial charge in [0.15, 0.2) is 11.9 Å². The quantitative estimate of drug-likeness (QED) is 0.822. The molecule has 2 aromatic rings. The zero-order chi connectivity index (χ0) is 17.6. The molecule has 1 unspecified atom stereocenters. The molecule has 7 heteroatoms. The molecule has 0 radical (unpaired) electrons. The van der Waals surface area contributed by atoms with Crippen LogP contribution < -0.4 is 14.4 Å². The maximum absolute atomic E-state index is 12.6. The predicted octanol–water partition coefficient (Wildman–Crippen LogP) is 1.60. The van der Waals surface area contributed by atoms with Crippen molar-refractivity contribution < 1.29 is 14.3 Å². The summed E-state index contributed by atoms with van der Waals surface area (Å²) in [5.41, 5.74) is 0.